The number of carbonyl (C=O) groups is 1. The van der Waals surface area contributed by atoms with E-state index in [1.807, 2.05) is 192 Å². The first kappa shape index (κ1) is 117. The second kappa shape index (κ2) is 45.6. The quantitative estimate of drug-likeness (QED) is 0.0367. The lowest BCUT2D eigenvalue weighted by molar-refractivity contribution is -0.126. The number of aromatic nitrogens is 32. The summed E-state index contributed by atoms with van der Waals surface area (Å²) in [6, 6.07) is 0.328. The Kier molecular flexibility index (Phi) is 35.6. The number of aryl methyl sites for hydroxylation is 8. The molecular formula is C97H149ClN40O12. The number of nitrogens with one attached hydrogen (secondary N) is 6. The minimum absolute atomic E-state index is 0.00283. The average Bonchev–Trinajstić information content (AvgIpc) is 1.64. The third kappa shape index (κ3) is 25.8. The van der Waals surface area contributed by atoms with E-state index in [1.54, 1.807) is 164 Å². The van der Waals surface area contributed by atoms with Crippen LogP contribution in [0, 0.1) is 0 Å². The average molecular weight is 2100 g/mol. The maximum absolute atomic E-state index is 12.7. The molecule has 16 aromatic heterocycles. The van der Waals surface area contributed by atoms with Crippen molar-refractivity contribution < 1.29 is 19.4 Å². The molecule has 1 aliphatic heterocycles. The largest absolute Gasteiger partial charge is 0.395 e. The number of ether oxygens (including phenoxy) is 2. The van der Waals surface area contributed by atoms with Crippen molar-refractivity contribution in [3.8, 4) is 0 Å². The monoisotopic (exact) mass is 2100 g/mol. The van der Waals surface area contributed by atoms with Gasteiger partial charge in [-0.3, -0.25) is 79.7 Å². The summed E-state index contributed by atoms with van der Waals surface area (Å²) in [4.78, 5) is 181. The minimum Gasteiger partial charge on any atom is -0.395 e. The fourth-order valence-corrected chi connectivity index (χ4v) is 15.6. The molecular weight excluding hydrogens is 1950 g/mol. The number of aliphatic hydroxyl groups excluding tert-OH is 1. The Morgan fingerprint density at radius 1 is 0.373 bits per heavy atom. The number of aliphatic hydroxyl groups is 1. The van der Waals surface area contributed by atoms with E-state index in [2.05, 4.69) is 112 Å². The van der Waals surface area contributed by atoms with Crippen molar-refractivity contribution in [2.75, 3.05) is 118 Å². The van der Waals surface area contributed by atoms with E-state index in [-0.39, 0.29) is 113 Å². The van der Waals surface area contributed by atoms with Crippen molar-refractivity contribution in [1.82, 2.24) is 158 Å². The number of anilines is 7. The molecule has 53 heteroatoms. The molecule has 1 fully saturated rings. The number of carbonyl (C=O) groups excluding carboxylic acids is 1. The van der Waals surface area contributed by atoms with Gasteiger partial charge in [-0.1, -0.05) is 0 Å². The normalized spacial score (nSPS) is 12.8. The van der Waals surface area contributed by atoms with Crippen LogP contribution in [0.3, 0.4) is 0 Å². The fraction of sp³-hybridized carbons (Fsp3) is 0.577. The van der Waals surface area contributed by atoms with Gasteiger partial charge in [0, 0.05) is 168 Å². The number of hydrogen-bond acceptors (Lipinski definition) is 35. The minimum atomic E-state index is -0.364. The highest BCUT2D eigenvalue weighted by molar-refractivity contribution is 6.29. The Balaban J connectivity index is 0.000000176. The van der Waals surface area contributed by atoms with Gasteiger partial charge in [-0.05, 0) is 198 Å². The van der Waals surface area contributed by atoms with Crippen LogP contribution in [0.1, 0.15) is 186 Å². The molecule has 0 saturated carbocycles. The number of hydrogen-bond donors (Lipinski definition) is 8. The maximum Gasteiger partial charge on any atom is 0.280 e. The third-order valence-electron chi connectivity index (χ3n) is 24.1. The lowest BCUT2D eigenvalue weighted by Crippen LogP contribution is -2.34. The van der Waals surface area contributed by atoms with Crippen molar-refractivity contribution in [3.63, 3.8) is 0 Å². The van der Waals surface area contributed by atoms with E-state index in [0.717, 1.165) is 32.6 Å². The zero-order valence-electron chi connectivity index (χ0n) is 93.4. The molecule has 150 heavy (non-hydrogen) atoms. The predicted molar refractivity (Wildman–Crippen MR) is 586 cm³/mol. The summed E-state index contributed by atoms with van der Waals surface area (Å²) in [6.07, 6.45) is 14.2. The number of imidazole rings is 8. The van der Waals surface area contributed by atoms with Gasteiger partial charge in [-0.2, -0.15) is 39.9 Å². The van der Waals surface area contributed by atoms with Gasteiger partial charge in [0.2, 0.25) is 52.8 Å². The molecule has 0 radical (unpaired) electrons. The third-order valence-corrected chi connectivity index (χ3v) is 24.4. The van der Waals surface area contributed by atoms with Crippen LogP contribution in [0.25, 0.3) is 89.3 Å². The van der Waals surface area contributed by atoms with Gasteiger partial charge in [0.25, 0.3) is 44.5 Å². The van der Waals surface area contributed by atoms with Crippen molar-refractivity contribution in [1.29, 1.82) is 0 Å². The number of halogens is 1. The summed E-state index contributed by atoms with van der Waals surface area (Å²) in [6.45, 7) is 53.0. The molecule has 52 nitrogen and oxygen atoms in total. The zero-order valence-corrected chi connectivity index (χ0v) is 94.2. The van der Waals surface area contributed by atoms with Crippen LogP contribution in [0.4, 0.5) is 41.6 Å². The van der Waals surface area contributed by atoms with E-state index in [9.17, 15) is 43.2 Å². The standard InChI is InChI=1S/C15H23N5O2.C14H22N6O2.C13H21N5O2.C12H19N5O2.C12H19N5O.C11H17N5O.C10H13ClN4O.C10H15N5O/c1-15(2,3)20-9-16-12-11(13(20)21)19(4)14(18-12)17-10-5-7-22-8-6-10;1-14(2,3)20-8-16-11-10(12(20)22)19(6)13(17-11)15-7-9(21)18(4)5;1-13(2,3)18-8-15-10-9(11(18)19)17(4)12(16-10)14-6-7-20-5;1-12(2,3)17-7-14-9-8(10(17)19)16(4)11(15-9)13-5-6-18;1-6-13-11-15-9-8(16(11)5)10(18)17(7-14-9)12(2,3)4;1-11(2,3)16-6-13-8-7(9(16)17)15(5)10(12-4)14-8;2*1-10(2,3)15-5-12-7-6(8(15)16)14(4)9(11)13-7/h9-10H,5-8H2,1-4H3,(H,17,18);8H,7H2,1-6H3,(H,15,17);8H,6-7H2,1-5H3,(H,14,16);7,18H,5-6H2,1-4H3,(H,13,15);7H,6H2,1-5H3,(H,13,15);6H,1-5H3,(H,12,14);5H,1-4H3;5H,1-4H3,(H2,11,13). The van der Waals surface area contributed by atoms with Gasteiger partial charge in [0.1, 0.15) is 50.6 Å². The molecule has 1 aliphatic rings. The van der Waals surface area contributed by atoms with Gasteiger partial charge < -0.3 is 93.7 Å². The first-order valence-electron chi connectivity index (χ1n) is 48.8. The maximum atomic E-state index is 12.7. The van der Waals surface area contributed by atoms with E-state index >= 15 is 0 Å². The summed E-state index contributed by atoms with van der Waals surface area (Å²) >= 11 is 5.85. The molecule has 0 aromatic carbocycles. The topological polar surface area (TPSA) is 579 Å². The van der Waals surface area contributed by atoms with Crippen LogP contribution >= 0.6 is 11.6 Å². The number of rotatable bonds is 15. The summed E-state index contributed by atoms with van der Waals surface area (Å²) in [5.74, 6) is 3.81. The molecule has 0 spiro atoms. The molecule has 816 valence electrons. The van der Waals surface area contributed by atoms with Gasteiger partial charge in [0.15, 0.2) is 89.3 Å². The molecule has 16 aromatic rings. The highest BCUT2D eigenvalue weighted by Crippen LogP contribution is 2.27. The highest BCUT2D eigenvalue weighted by Gasteiger charge is 2.31. The van der Waals surface area contributed by atoms with Crippen LogP contribution < -0.4 is 82.1 Å². The molecule has 0 unspecified atom stereocenters. The van der Waals surface area contributed by atoms with E-state index in [1.165, 1.54) is 30.2 Å². The summed E-state index contributed by atoms with van der Waals surface area (Å²) < 4.78 is 36.6. The van der Waals surface area contributed by atoms with E-state index < -0.39 is 0 Å². The van der Waals surface area contributed by atoms with Crippen LogP contribution in [0.5, 0.6) is 0 Å². The fourth-order valence-electron chi connectivity index (χ4n) is 15.5. The lowest BCUT2D eigenvalue weighted by atomic mass is 10.1. The molecule has 0 aliphatic carbocycles. The van der Waals surface area contributed by atoms with Crippen LogP contribution in [0.15, 0.2) is 89.0 Å². The molecule has 17 heterocycles. The number of nitrogen functional groups attached to an aromatic ring is 1. The SMILES string of the molecule is CCNc1nc2ncn(C(C)(C)C)c(=O)c2n1C.CN(C)C(=O)CNc1nc2ncn(C(C)(C)C)c(=O)c2n1C.CNc1nc2ncn(C(C)(C)C)c(=O)c2n1C.COCCNc1nc2ncn(C(C)(C)C)c(=O)c2n1C.Cn1c(Cl)nc2ncn(C(C)(C)C)c(=O)c21.Cn1c(N)nc2ncn(C(C)(C)C)c(=O)c21.Cn1c(NC2CCOCC2)nc2ncn(C(C)(C)C)c(=O)c21.Cn1c(NCCO)nc2ncn(C(C)(C)C)c(=O)c21. The van der Waals surface area contributed by atoms with Gasteiger partial charge in [-0.25, -0.2) is 39.9 Å². The van der Waals surface area contributed by atoms with E-state index in [4.69, 9.17) is 31.9 Å². The Morgan fingerprint density at radius 3 is 0.887 bits per heavy atom. The molecule has 1 amide bonds. The van der Waals surface area contributed by atoms with Crippen LogP contribution in [-0.2, 0) is 115 Å². The first-order valence-corrected chi connectivity index (χ1v) is 49.2. The number of nitrogens with zero attached hydrogens (tertiary/aromatic N) is 33. The molecule has 17 rings (SSSR count). The Labute approximate surface area is 871 Å². The highest BCUT2D eigenvalue weighted by atomic mass is 35.5. The first-order chi connectivity index (χ1) is 69.6. The molecule has 0 atom stereocenters. The smallest absolute Gasteiger partial charge is 0.280 e. The predicted octanol–water partition coefficient (Wildman–Crippen LogP) is 7.34. The van der Waals surface area contributed by atoms with Crippen LogP contribution in [-0.4, -0.2) is 256 Å². The van der Waals surface area contributed by atoms with Gasteiger partial charge >= 0.3 is 0 Å². The van der Waals surface area contributed by atoms with Gasteiger partial charge in [-0.15, -0.1) is 0 Å². The molecule has 9 N–H and O–H groups in total. The van der Waals surface area contributed by atoms with Crippen molar-refractivity contribution in [3.05, 3.63) is 139 Å². The second-order valence-electron chi connectivity index (χ2n) is 44.1. The molecule has 1 saturated heterocycles. The number of nitrogens with two attached hydrogens (primary N) is 1. The summed E-state index contributed by atoms with van der Waals surface area (Å²) in [7, 11) is 21.0. The lowest BCUT2D eigenvalue weighted by Gasteiger charge is -2.23. The van der Waals surface area contributed by atoms with Crippen molar-refractivity contribution in [2.45, 2.75) is 236 Å². The molecule has 0 bridgehead atoms. The summed E-state index contributed by atoms with van der Waals surface area (Å²) in [5.41, 5.74) is 9.62. The van der Waals surface area contributed by atoms with Crippen LogP contribution in [0.2, 0.25) is 5.28 Å². The zero-order chi connectivity index (χ0) is 112. The number of amides is 1. The Hall–Kier alpha value is -15.0. The Bertz CT molecular complexity index is 7980. The number of likely N-dealkylation sites (N-methyl/N-ethyl adjacent to an activating group) is 1. The van der Waals surface area contributed by atoms with E-state index in [0.29, 0.717) is 157 Å². The number of methoxy groups -OCH3 is 1. The second-order valence-corrected chi connectivity index (χ2v) is 44.4. The number of fused-ring (bicyclic) bond motifs is 8. The van der Waals surface area contributed by atoms with Gasteiger partial charge in [0.05, 0.1) is 19.8 Å². The Morgan fingerprint density at radius 2 is 0.613 bits per heavy atom. The van der Waals surface area contributed by atoms with Crippen molar-refractivity contribution in [2.24, 2.45) is 56.4 Å². The summed E-state index contributed by atoms with van der Waals surface area (Å²) in [5, 5.41) is 27.6. The van der Waals surface area contributed by atoms with Crippen molar-refractivity contribution >= 4 is 148 Å².